The molecule has 2 unspecified atom stereocenters. The Labute approximate surface area is 136 Å². The Hall–Kier alpha value is -2.33. The van der Waals surface area contributed by atoms with Crippen LogP contribution in [-0.2, 0) is 16.1 Å². The van der Waals surface area contributed by atoms with Gasteiger partial charge in [-0.2, -0.15) is 0 Å². The van der Waals surface area contributed by atoms with Crippen LogP contribution in [0.2, 0.25) is 0 Å². The number of hydrogen-bond acceptors (Lipinski definition) is 4. The van der Waals surface area contributed by atoms with Crippen LogP contribution in [-0.4, -0.2) is 30.6 Å². The molecule has 0 bridgehead atoms. The van der Waals surface area contributed by atoms with Crippen LogP contribution >= 0.6 is 0 Å². The summed E-state index contributed by atoms with van der Waals surface area (Å²) < 4.78 is 10.7. The van der Waals surface area contributed by atoms with Crippen LogP contribution < -0.4 is 4.74 Å². The maximum absolute atomic E-state index is 12.3. The van der Waals surface area contributed by atoms with E-state index in [1.807, 2.05) is 49.4 Å². The molecule has 1 aliphatic rings. The molecule has 0 aromatic heterocycles. The summed E-state index contributed by atoms with van der Waals surface area (Å²) in [7, 11) is 1.65. The molecule has 120 valence electrons. The summed E-state index contributed by atoms with van der Waals surface area (Å²) in [6.07, 6.45) is 0. The van der Waals surface area contributed by atoms with Crippen molar-refractivity contribution in [3.05, 3.63) is 65.7 Å². The summed E-state index contributed by atoms with van der Waals surface area (Å²) in [5.41, 5.74) is 2.21. The van der Waals surface area contributed by atoms with E-state index in [1.165, 1.54) is 5.56 Å². The van der Waals surface area contributed by atoms with Crippen molar-refractivity contribution in [1.82, 2.24) is 4.90 Å². The molecule has 4 nitrogen and oxygen atoms in total. The second-order valence-corrected chi connectivity index (χ2v) is 5.54. The van der Waals surface area contributed by atoms with Gasteiger partial charge in [-0.3, -0.25) is 9.69 Å². The molecule has 3 atom stereocenters. The second kappa shape index (κ2) is 6.84. The number of methoxy groups -OCH3 is 1. The highest BCUT2D eigenvalue weighted by atomic mass is 16.5. The van der Waals surface area contributed by atoms with Crippen molar-refractivity contribution in [3.63, 3.8) is 0 Å². The van der Waals surface area contributed by atoms with Crippen LogP contribution in [0, 0.1) is 0 Å². The Morgan fingerprint density at radius 1 is 1.09 bits per heavy atom. The van der Waals surface area contributed by atoms with E-state index in [4.69, 9.17) is 9.47 Å². The van der Waals surface area contributed by atoms with Crippen molar-refractivity contribution < 1.29 is 14.3 Å². The fourth-order valence-electron chi connectivity index (χ4n) is 3.02. The van der Waals surface area contributed by atoms with Crippen molar-refractivity contribution in [3.8, 4) is 5.75 Å². The van der Waals surface area contributed by atoms with E-state index in [9.17, 15) is 4.79 Å². The molecule has 4 heteroatoms. The van der Waals surface area contributed by atoms with Gasteiger partial charge in [-0.1, -0.05) is 48.5 Å². The highest BCUT2D eigenvalue weighted by Gasteiger charge is 2.55. The molecule has 2 aromatic carbocycles. The number of carbonyl (C=O) groups is 1. The van der Waals surface area contributed by atoms with E-state index >= 15 is 0 Å². The molecular formula is C19H21NO3. The molecule has 2 aromatic rings. The minimum absolute atomic E-state index is 0.00501. The minimum atomic E-state index is -0.244. The quantitative estimate of drug-likeness (QED) is 0.607. The number of carbonyl (C=O) groups excluding carboxylic acids is 1. The predicted octanol–water partition coefficient (Wildman–Crippen LogP) is 3.18. The van der Waals surface area contributed by atoms with E-state index in [0.717, 1.165) is 11.3 Å². The van der Waals surface area contributed by atoms with Gasteiger partial charge in [0.05, 0.1) is 19.8 Å². The maximum Gasteiger partial charge on any atom is 0.325 e. The average Bonchev–Trinajstić information content (AvgIpc) is 3.29. The van der Waals surface area contributed by atoms with Gasteiger partial charge < -0.3 is 9.47 Å². The number of para-hydroxylation sites is 1. The van der Waals surface area contributed by atoms with E-state index in [-0.39, 0.29) is 18.1 Å². The number of ether oxygens (including phenoxy) is 2. The van der Waals surface area contributed by atoms with Crippen molar-refractivity contribution in [1.29, 1.82) is 0 Å². The Kier molecular flexibility index (Phi) is 4.63. The number of rotatable bonds is 6. The van der Waals surface area contributed by atoms with E-state index in [0.29, 0.717) is 13.2 Å². The number of nitrogens with zero attached hydrogens (tertiary/aromatic N) is 1. The highest BCUT2D eigenvalue weighted by molar-refractivity contribution is 5.81. The first-order valence-corrected chi connectivity index (χ1v) is 7.85. The molecular weight excluding hydrogens is 290 g/mol. The fourth-order valence-corrected chi connectivity index (χ4v) is 3.02. The van der Waals surface area contributed by atoms with Gasteiger partial charge in [0.2, 0.25) is 0 Å². The number of benzene rings is 2. The minimum Gasteiger partial charge on any atom is -0.496 e. The van der Waals surface area contributed by atoms with Crippen LogP contribution in [0.1, 0.15) is 24.1 Å². The van der Waals surface area contributed by atoms with Crippen molar-refractivity contribution in [2.45, 2.75) is 25.6 Å². The highest BCUT2D eigenvalue weighted by Crippen LogP contribution is 2.47. The van der Waals surface area contributed by atoms with Crippen LogP contribution in [0.25, 0.3) is 0 Å². The molecule has 1 heterocycles. The number of hydrogen-bond donors (Lipinski definition) is 0. The lowest BCUT2D eigenvalue weighted by Crippen LogP contribution is -2.16. The maximum atomic E-state index is 12.3. The van der Waals surface area contributed by atoms with Gasteiger partial charge in [-0.25, -0.2) is 0 Å². The third-order valence-corrected chi connectivity index (χ3v) is 4.12. The topological polar surface area (TPSA) is 38.5 Å². The lowest BCUT2D eigenvalue weighted by Gasteiger charge is -2.08. The molecule has 0 amide bonds. The zero-order valence-electron chi connectivity index (χ0n) is 13.4. The van der Waals surface area contributed by atoms with Crippen LogP contribution in [0.4, 0.5) is 0 Å². The molecule has 0 radical (unpaired) electrons. The Morgan fingerprint density at radius 2 is 1.78 bits per heavy atom. The third kappa shape index (κ3) is 3.22. The normalized spacial score (nSPS) is 22.4. The van der Waals surface area contributed by atoms with Gasteiger partial charge in [0.15, 0.2) is 0 Å². The molecule has 1 fully saturated rings. The monoisotopic (exact) mass is 311 g/mol. The van der Waals surface area contributed by atoms with Gasteiger partial charge in [0, 0.05) is 12.1 Å². The van der Waals surface area contributed by atoms with Gasteiger partial charge in [-0.05, 0) is 18.6 Å². The van der Waals surface area contributed by atoms with Gasteiger partial charge in [0.25, 0.3) is 0 Å². The third-order valence-electron chi connectivity index (χ3n) is 4.12. The summed E-state index contributed by atoms with van der Waals surface area (Å²) in [5, 5.41) is 0. The van der Waals surface area contributed by atoms with E-state index < -0.39 is 0 Å². The SMILES string of the molecule is CCOC(=O)[C@H]1C(c2ccccc2OC)N1Cc1ccccc1. The summed E-state index contributed by atoms with van der Waals surface area (Å²) in [4.78, 5) is 14.4. The van der Waals surface area contributed by atoms with E-state index in [1.54, 1.807) is 7.11 Å². The summed E-state index contributed by atoms with van der Waals surface area (Å²) in [6.45, 7) is 2.94. The lowest BCUT2D eigenvalue weighted by molar-refractivity contribution is -0.143. The molecule has 0 aliphatic carbocycles. The summed E-state index contributed by atoms with van der Waals surface area (Å²) in [6, 6.07) is 17.8. The standard InChI is InChI=1S/C19H21NO3/c1-3-23-19(21)18-17(15-11-7-8-12-16(15)22-2)20(18)13-14-9-5-4-6-10-14/h4-12,17-18H,3,13H2,1-2H3/t17?,18-,20?/m1/s1. The van der Waals surface area contributed by atoms with Gasteiger partial charge >= 0.3 is 5.97 Å². The van der Waals surface area contributed by atoms with Gasteiger partial charge in [-0.15, -0.1) is 0 Å². The van der Waals surface area contributed by atoms with Crippen LogP contribution in [0.15, 0.2) is 54.6 Å². The largest absolute Gasteiger partial charge is 0.496 e. The lowest BCUT2D eigenvalue weighted by atomic mass is 10.1. The first-order valence-electron chi connectivity index (χ1n) is 7.85. The molecule has 3 rings (SSSR count). The predicted molar refractivity (Wildman–Crippen MR) is 88.1 cm³/mol. The average molecular weight is 311 g/mol. The molecule has 0 N–H and O–H groups in total. The zero-order valence-corrected chi connectivity index (χ0v) is 13.4. The van der Waals surface area contributed by atoms with Crippen molar-refractivity contribution >= 4 is 5.97 Å². The summed E-state index contributed by atoms with van der Waals surface area (Å²) >= 11 is 0. The molecule has 0 spiro atoms. The number of esters is 1. The smallest absolute Gasteiger partial charge is 0.325 e. The van der Waals surface area contributed by atoms with Crippen LogP contribution in [0.5, 0.6) is 5.75 Å². The fraction of sp³-hybridized carbons (Fsp3) is 0.316. The Bertz CT molecular complexity index is 671. The molecule has 0 saturated carbocycles. The van der Waals surface area contributed by atoms with E-state index in [2.05, 4.69) is 17.0 Å². The first-order chi connectivity index (χ1) is 11.3. The van der Waals surface area contributed by atoms with Gasteiger partial charge in [0.1, 0.15) is 11.8 Å². The second-order valence-electron chi connectivity index (χ2n) is 5.54. The van der Waals surface area contributed by atoms with Crippen molar-refractivity contribution in [2.75, 3.05) is 13.7 Å². The Balaban J connectivity index is 1.85. The molecule has 1 saturated heterocycles. The Morgan fingerprint density at radius 3 is 2.48 bits per heavy atom. The summed E-state index contributed by atoms with van der Waals surface area (Å²) in [5.74, 6) is 0.640. The van der Waals surface area contributed by atoms with Crippen molar-refractivity contribution in [2.24, 2.45) is 0 Å². The zero-order chi connectivity index (χ0) is 16.2. The van der Waals surface area contributed by atoms with Crippen LogP contribution in [0.3, 0.4) is 0 Å². The molecule has 1 aliphatic heterocycles. The first kappa shape index (κ1) is 15.6. The molecule has 23 heavy (non-hydrogen) atoms.